The number of aromatic nitrogens is 1. The predicted molar refractivity (Wildman–Crippen MR) is 114 cm³/mol. The van der Waals surface area contributed by atoms with Crippen LogP contribution in [0.25, 0.3) is 11.3 Å². The lowest BCUT2D eigenvalue weighted by molar-refractivity contribution is 0.0760. The first-order valence-corrected chi connectivity index (χ1v) is 10.5. The largest absolute Gasteiger partial charge is 0.360 e. The fourth-order valence-corrected chi connectivity index (χ4v) is 4.07. The molecule has 1 amide bonds. The van der Waals surface area contributed by atoms with E-state index in [1.54, 1.807) is 24.0 Å². The maximum atomic E-state index is 13.5. The van der Waals surface area contributed by atoms with Gasteiger partial charge in [-0.15, -0.1) is 0 Å². The van der Waals surface area contributed by atoms with Crippen molar-refractivity contribution in [3.05, 3.63) is 76.0 Å². The summed E-state index contributed by atoms with van der Waals surface area (Å²) in [6.07, 6.45) is 0.765. The summed E-state index contributed by atoms with van der Waals surface area (Å²) in [5, 5.41) is 4.59. The summed E-state index contributed by atoms with van der Waals surface area (Å²) in [5.74, 6) is -1.40. The Kier molecular flexibility index (Phi) is 6.34. The number of benzene rings is 2. The molecule has 1 aromatic heterocycles. The van der Waals surface area contributed by atoms with Crippen molar-refractivity contribution < 1.29 is 18.1 Å². The van der Waals surface area contributed by atoms with Gasteiger partial charge >= 0.3 is 0 Å². The molecule has 0 N–H and O–H groups in total. The maximum Gasteiger partial charge on any atom is 0.259 e. The van der Waals surface area contributed by atoms with Gasteiger partial charge in [0.1, 0.15) is 17.0 Å². The Bertz CT molecular complexity index is 1100. The summed E-state index contributed by atoms with van der Waals surface area (Å²) in [6.45, 7) is 4.68. The normalized spacial score (nSPS) is 15.2. The van der Waals surface area contributed by atoms with E-state index in [9.17, 15) is 13.6 Å². The summed E-state index contributed by atoms with van der Waals surface area (Å²) in [5.41, 5.74) is 2.21. The van der Waals surface area contributed by atoms with Crippen LogP contribution in [0.2, 0.25) is 5.02 Å². The average Bonchev–Trinajstić information content (AvgIpc) is 2.98. The quantitative estimate of drug-likeness (QED) is 0.571. The van der Waals surface area contributed by atoms with Gasteiger partial charge in [-0.25, -0.2) is 8.78 Å². The van der Waals surface area contributed by atoms with E-state index in [4.69, 9.17) is 16.1 Å². The van der Waals surface area contributed by atoms with Crippen molar-refractivity contribution in [2.45, 2.75) is 19.9 Å². The first-order chi connectivity index (χ1) is 14.9. The number of carbonyl (C=O) groups is 1. The molecule has 31 heavy (non-hydrogen) atoms. The summed E-state index contributed by atoms with van der Waals surface area (Å²) < 4.78 is 32.0. The minimum Gasteiger partial charge on any atom is -0.360 e. The lowest BCUT2D eigenvalue weighted by Gasteiger charge is -2.22. The Morgan fingerprint density at radius 2 is 1.90 bits per heavy atom. The second-order valence-electron chi connectivity index (χ2n) is 7.61. The highest BCUT2D eigenvalue weighted by Gasteiger charge is 2.28. The number of rotatable bonds is 4. The number of carbonyl (C=O) groups excluding carboxylic acids is 1. The van der Waals surface area contributed by atoms with Crippen molar-refractivity contribution in [2.75, 3.05) is 26.2 Å². The Morgan fingerprint density at radius 1 is 1.10 bits per heavy atom. The molecule has 1 saturated heterocycles. The maximum absolute atomic E-state index is 13.5. The number of amides is 1. The van der Waals surface area contributed by atoms with Crippen molar-refractivity contribution >= 4 is 17.5 Å². The predicted octanol–water partition coefficient (Wildman–Crippen LogP) is 4.93. The molecule has 8 heteroatoms. The number of halogens is 3. The first kappa shape index (κ1) is 21.5. The third kappa shape index (κ3) is 4.62. The molecule has 2 aromatic carbocycles. The Hall–Kier alpha value is -2.77. The molecule has 3 aromatic rings. The molecule has 0 spiro atoms. The summed E-state index contributed by atoms with van der Waals surface area (Å²) in [7, 11) is 0. The molecule has 1 aliphatic rings. The molecule has 1 fully saturated rings. The molecule has 4 rings (SSSR count). The van der Waals surface area contributed by atoms with Crippen LogP contribution in [-0.4, -0.2) is 47.0 Å². The van der Waals surface area contributed by atoms with E-state index >= 15 is 0 Å². The number of aryl methyl sites for hydroxylation is 1. The lowest BCUT2D eigenvalue weighted by Crippen LogP contribution is -2.35. The highest BCUT2D eigenvalue weighted by atomic mass is 35.5. The van der Waals surface area contributed by atoms with Gasteiger partial charge < -0.3 is 9.42 Å². The monoisotopic (exact) mass is 445 g/mol. The molecule has 5 nitrogen and oxygen atoms in total. The van der Waals surface area contributed by atoms with Crippen molar-refractivity contribution in [1.29, 1.82) is 0 Å². The van der Waals surface area contributed by atoms with E-state index in [0.717, 1.165) is 19.0 Å². The van der Waals surface area contributed by atoms with Gasteiger partial charge in [-0.05, 0) is 37.1 Å². The van der Waals surface area contributed by atoms with Crippen LogP contribution in [0, 0.1) is 18.6 Å². The summed E-state index contributed by atoms with van der Waals surface area (Å²) in [6, 6.07) is 11.2. The Labute approximate surface area is 184 Å². The van der Waals surface area contributed by atoms with Crippen molar-refractivity contribution in [3.8, 4) is 11.3 Å². The van der Waals surface area contributed by atoms with Crippen LogP contribution in [0.4, 0.5) is 8.78 Å². The van der Waals surface area contributed by atoms with E-state index in [2.05, 4.69) is 10.1 Å². The molecular formula is C23H22ClF2N3O2. The number of hydrogen-bond acceptors (Lipinski definition) is 4. The van der Waals surface area contributed by atoms with E-state index in [-0.39, 0.29) is 5.91 Å². The molecule has 1 aliphatic heterocycles. The molecule has 0 radical (unpaired) electrons. The molecule has 0 atom stereocenters. The molecule has 0 unspecified atom stereocenters. The molecule has 162 valence electrons. The van der Waals surface area contributed by atoms with Gasteiger partial charge in [0.2, 0.25) is 0 Å². The highest BCUT2D eigenvalue weighted by Crippen LogP contribution is 2.32. The lowest BCUT2D eigenvalue weighted by atomic mass is 10.0. The third-order valence-corrected chi connectivity index (χ3v) is 5.80. The van der Waals surface area contributed by atoms with Gasteiger partial charge in [0.05, 0.1) is 5.02 Å². The van der Waals surface area contributed by atoms with Gasteiger partial charge in [-0.3, -0.25) is 9.69 Å². The molecule has 0 aliphatic carbocycles. The third-order valence-electron chi connectivity index (χ3n) is 5.47. The van der Waals surface area contributed by atoms with E-state index < -0.39 is 11.6 Å². The van der Waals surface area contributed by atoms with Crippen LogP contribution >= 0.6 is 11.6 Å². The van der Waals surface area contributed by atoms with E-state index in [0.29, 0.717) is 59.3 Å². The van der Waals surface area contributed by atoms with Crippen molar-refractivity contribution in [1.82, 2.24) is 15.0 Å². The molecule has 0 bridgehead atoms. The van der Waals surface area contributed by atoms with Crippen LogP contribution < -0.4 is 0 Å². The first-order valence-electron chi connectivity index (χ1n) is 10.1. The second kappa shape index (κ2) is 9.16. The van der Waals surface area contributed by atoms with E-state index in [1.807, 2.05) is 18.2 Å². The Balaban J connectivity index is 1.49. The van der Waals surface area contributed by atoms with Crippen LogP contribution in [0.1, 0.15) is 28.1 Å². The van der Waals surface area contributed by atoms with Gasteiger partial charge in [0.25, 0.3) is 5.91 Å². The van der Waals surface area contributed by atoms with Crippen LogP contribution in [-0.2, 0) is 6.54 Å². The van der Waals surface area contributed by atoms with E-state index in [1.165, 1.54) is 6.07 Å². The Morgan fingerprint density at radius 3 is 2.68 bits per heavy atom. The minimum atomic E-state index is -0.852. The fourth-order valence-electron chi connectivity index (χ4n) is 3.85. The molecule has 0 saturated carbocycles. The van der Waals surface area contributed by atoms with Gasteiger partial charge in [-0.1, -0.05) is 41.0 Å². The van der Waals surface area contributed by atoms with Crippen molar-refractivity contribution in [3.63, 3.8) is 0 Å². The second-order valence-corrected chi connectivity index (χ2v) is 8.02. The summed E-state index contributed by atoms with van der Waals surface area (Å²) in [4.78, 5) is 17.3. The topological polar surface area (TPSA) is 49.6 Å². The molecule has 2 heterocycles. The van der Waals surface area contributed by atoms with Gasteiger partial charge in [-0.2, -0.15) is 0 Å². The van der Waals surface area contributed by atoms with Gasteiger partial charge in [0.15, 0.2) is 11.6 Å². The van der Waals surface area contributed by atoms with Crippen molar-refractivity contribution in [2.24, 2.45) is 0 Å². The number of nitrogens with zero attached hydrogens (tertiary/aromatic N) is 3. The van der Waals surface area contributed by atoms with Crippen LogP contribution in [0.3, 0.4) is 0 Å². The fraction of sp³-hybridized carbons (Fsp3) is 0.304. The highest BCUT2D eigenvalue weighted by molar-refractivity contribution is 6.33. The zero-order valence-corrected chi connectivity index (χ0v) is 17.8. The average molecular weight is 446 g/mol. The zero-order chi connectivity index (χ0) is 22.0. The standard InChI is InChI=1S/C23H22ClF2N3O2/c1-15-21(22(27-31-15)17-5-2-3-6-18(17)24)23(30)29-10-4-9-28(11-12-29)14-16-7-8-19(25)20(26)13-16/h2-3,5-8,13H,4,9-12,14H2,1H3. The SMILES string of the molecule is Cc1onc(-c2ccccc2Cl)c1C(=O)N1CCCN(Cc2ccc(F)c(F)c2)CC1. The number of hydrogen-bond donors (Lipinski definition) is 0. The van der Waals surface area contributed by atoms with Crippen LogP contribution in [0.5, 0.6) is 0 Å². The zero-order valence-electron chi connectivity index (χ0n) is 17.1. The van der Waals surface area contributed by atoms with Gasteiger partial charge in [0, 0.05) is 38.3 Å². The molecular weight excluding hydrogens is 424 g/mol. The van der Waals surface area contributed by atoms with Crippen LogP contribution in [0.15, 0.2) is 47.0 Å². The minimum absolute atomic E-state index is 0.150. The smallest absolute Gasteiger partial charge is 0.259 e. The summed E-state index contributed by atoms with van der Waals surface area (Å²) >= 11 is 6.31.